The summed E-state index contributed by atoms with van der Waals surface area (Å²) < 4.78 is 1.83. The van der Waals surface area contributed by atoms with Crippen molar-refractivity contribution < 1.29 is 9.90 Å². The average molecular weight is 212 g/mol. The second kappa shape index (κ2) is 3.11. The summed E-state index contributed by atoms with van der Waals surface area (Å²) in [6, 6.07) is 3.54. The van der Waals surface area contributed by atoms with Crippen LogP contribution in [0.2, 0.25) is 0 Å². The lowest BCUT2D eigenvalue weighted by molar-refractivity contribution is 0.0699. The van der Waals surface area contributed by atoms with Crippen molar-refractivity contribution in [1.29, 1.82) is 0 Å². The fourth-order valence-electron chi connectivity index (χ4n) is 1.84. The summed E-state index contributed by atoms with van der Waals surface area (Å²) in [6.07, 6.45) is 4.06. The van der Waals surface area contributed by atoms with Crippen LogP contribution in [0.3, 0.4) is 0 Å². The number of carboxylic acids is 1. The first kappa shape index (κ1) is 9.45. The van der Waals surface area contributed by atoms with Crippen molar-refractivity contribution in [2.24, 2.45) is 0 Å². The van der Waals surface area contributed by atoms with Gasteiger partial charge in [0.05, 0.1) is 11.6 Å². The lowest BCUT2D eigenvalue weighted by Gasteiger charge is -1.98. The molecule has 1 aromatic carbocycles. The molecule has 5 heteroatoms. The molecule has 1 aliphatic carbocycles. The monoisotopic (exact) mass is 212 g/mol. The minimum absolute atomic E-state index is 0.212. The second-order valence-corrected chi connectivity index (χ2v) is 4.11. The van der Waals surface area contributed by atoms with Gasteiger partial charge in [0, 0.05) is 11.6 Å². The second-order valence-electron chi connectivity index (χ2n) is 4.11. The Balaban J connectivity index is 2.29. The zero-order valence-corrected chi connectivity index (χ0v) is 8.55. The Morgan fingerprint density at radius 3 is 2.88 bits per heavy atom. The summed E-state index contributed by atoms with van der Waals surface area (Å²) in [5.74, 6) is -0.967. The first-order chi connectivity index (χ1) is 7.66. The van der Waals surface area contributed by atoms with E-state index < -0.39 is 5.97 Å². The topological polar surface area (TPSA) is 55.1 Å². The summed E-state index contributed by atoms with van der Waals surface area (Å²) in [5, 5.41) is 14.1. The zero-order chi connectivity index (χ0) is 11.3. The van der Waals surface area contributed by atoms with Gasteiger partial charge in [-0.1, -0.05) is 11.5 Å². The van der Waals surface area contributed by atoms with Gasteiger partial charge < -0.3 is 5.11 Å². The Morgan fingerprint density at radius 1 is 1.50 bits per heavy atom. The van der Waals surface area contributed by atoms with Gasteiger partial charge in [0.2, 0.25) is 0 Å². The number of hydrogen-bond acceptors (Lipinski definition) is 2. The predicted octanol–water partition coefficient (Wildman–Crippen LogP) is 0.863. The summed E-state index contributed by atoms with van der Waals surface area (Å²) in [7, 11) is 5.81. The molecule has 0 spiro atoms. The molecule has 1 saturated carbocycles. The van der Waals surface area contributed by atoms with E-state index in [2.05, 4.69) is 5.10 Å². The van der Waals surface area contributed by atoms with Crippen LogP contribution < -0.4 is 5.46 Å². The van der Waals surface area contributed by atoms with Gasteiger partial charge in [0.15, 0.2) is 0 Å². The lowest BCUT2D eigenvalue weighted by atomic mass is 9.91. The normalized spacial score (nSPS) is 15.5. The molecule has 1 aliphatic rings. The first-order valence-electron chi connectivity index (χ1n) is 5.17. The molecule has 0 atom stereocenters. The van der Waals surface area contributed by atoms with E-state index >= 15 is 0 Å². The number of benzene rings is 1. The molecule has 0 aliphatic heterocycles. The molecule has 16 heavy (non-hydrogen) atoms. The largest absolute Gasteiger partial charge is 0.478 e. The summed E-state index contributed by atoms with van der Waals surface area (Å²) >= 11 is 0. The first-order valence-corrected chi connectivity index (χ1v) is 5.17. The Bertz CT molecular complexity index is 587. The molecule has 0 unspecified atom stereocenters. The van der Waals surface area contributed by atoms with E-state index in [0.29, 0.717) is 17.0 Å². The van der Waals surface area contributed by atoms with Crippen molar-refractivity contribution in [3.8, 4) is 0 Å². The van der Waals surface area contributed by atoms with Crippen molar-refractivity contribution in [3.63, 3.8) is 0 Å². The third-order valence-corrected chi connectivity index (χ3v) is 2.88. The number of hydrogen-bond donors (Lipinski definition) is 1. The van der Waals surface area contributed by atoms with Crippen molar-refractivity contribution in [2.45, 2.75) is 18.9 Å². The van der Waals surface area contributed by atoms with E-state index in [9.17, 15) is 4.79 Å². The van der Waals surface area contributed by atoms with Crippen molar-refractivity contribution in [2.75, 3.05) is 0 Å². The summed E-state index contributed by atoms with van der Waals surface area (Å²) in [5.41, 5.74) is 1.27. The zero-order valence-electron chi connectivity index (χ0n) is 8.55. The van der Waals surface area contributed by atoms with E-state index in [4.69, 9.17) is 13.0 Å². The molecule has 2 radical (unpaired) electrons. The van der Waals surface area contributed by atoms with Gasteiger partial charge in [-0.3, -0.25) is 4.68 Å². The van der Waals surface area contributed by atoms with Gasteiger partial charge in [-0.2, -0.15) is 5.10 Å². The molecule has 0 amide bonds. The highest BCUT2D eigenvalue weighted by Gasteiger charge is 2.25. The van der Waals surface area contributed by atoms with E-state index in [1.807, 2.05) is 10.9 Å². The molecule has 0 saturated heterocycles. The standard InChI is InChI=1S/C11H9BN2O2/c12-9-4-3-7(11(15)16)10-8(9)5-14(13-10)6-1-2-6/h3-6H,1-2H2,(H,15,16). The molecule has 4 nitrogen and oxygen atoms in total. The highest BCUT2D eigenvalue weighted by atomic mass is 16.4. The van der Waals surface area contributed by atoms with Crippen LogP contribution >= 0.6 is 0 Å². The maximum Gasteiger partial charge on any atom is 0.337 e. The van der Waals surface area contributed by atoms with Crippen molar-refractivity contribution in [3.05, 3.63) is 23.9 Å². The van der Waals surface area contributed by atoms with Crippen LogP contribution in [-0.2, 0) is 0 Å². The fraction of sp³-hybridized carbons (Fsp3) is 0.273. The van der Waals surface area contributed by atoms with Gasteiger partial charge in [0.25, 0.3) is 0 Å². The average Bonchev–Trinajstić information content (AvgIpc) is 2.98. The van der Waals surface area contributed by atoms with Gasteiger partial charge in [-0.05, 0) is 18.9 Å². The van der Waals surface area contributed by atoms with Crippen LogP contribution in [0.15, 0.2) is 18.3 Å². The molecule has 3 rings (SSSR count). The van der Waals surface area contributed by atoms with Crippen LogP contribution in [-0.4, -0.2) is 28.7 Å². The number of fused-ring (bicyclic) bond motifs is 1. The third-order valence-electron chi connectivity index (χ3n) is 2.88. The number of aromatic nitrogens is 2. The SMILES string of the molecule is [B]c1ccc(C(=O)O)c2nn(C3CC3)cc12. The van der Waals surface area contributed by atoms with Crippen LogP contribution in [0, 0.1) is 0 Å². The molecular formula is C11H9BN2O2. The fourth-order valence-corrected chi connectivity index (χ4v) is 1.84. The predicted molar refractivity (Wildman–Crippen MR) is 60.4 cm³/mol. The van der Waals surface area contributed by atoms with Crippen molar-refractivity contribution >= 4 is 30.2 Å². The van der Waals surface area contributed by atoms with Crippen molar-refractivity contribution in [1.82, 2.24) is 9.78 Å². The van der Waals surface area contributed by atoms with E-state index in [-0.39, 0.29) is 5.56 Å². The molecule has 0 bridgehead atoms. The number of nitrogens with zero attached hydrogens (tertiary/aromatic N) is 2. The van der Waals surface area contributed by atoms with Gasteiger partial charge in [-0.15, -0.1) is 0 Å². The number of rotatable bonds is 2. The molecule has 78 valence electrons. The quantitative estimate of drug-likeness (QED) is 0.751. The Kier molecular flexibility index (Phi) is 1.83. The van der Waals surface area contributed by atoms with Crippen LogP contribution in [0.1, 0.15) is 29.2 Å². The Labute approximate surface area is 93.3 Å². The molecule has 2 aromatic rings. The van der Waals surface area contributed by atoms with Gasteiger partial charge >= 0.3 is 5.97 Å². The maximum atomic E-state index is 11.0. The van der Waals surface area contributed by atoms with E-state index in [1.54, 1.807) is 6.07 Å². The number of aromatic carboxylic acids is 1. The highest BCUT2D eigenvalue weighted by Crippen LogP contribution is 2.35. The van der Waals surface area contributed by atoms with Crippen LogP contribution in [0.4, 0.5) is 0 Å². The number of carbonyl (C=O) groups is 1. The van der Waals surface area contributed by atoms with Crippen LogP contribution in [0.25, 0.3) is 10.9 Å². The Hall–Kier alpha value is -1.78. The minimum atomic E-state index is -0.967. The van der Waals surface area contributed by atoms with Gasteiger partial charge in [-0.25, -0.2) is 4.79 Å². The molecule has 1 aromatic heterocycles. The molecular weight excluding hydrogens is 203 g/mol. The summed E-state index contributed by atoms with van der Waals surface area (Å²) in [4.78, 5) is 11.0. The molecule has 1 heterocycles. The lowest BCUT2D eigenvalue weighted by Crippen LogP contribution is -2.06. The van der Waals surface area contributed by atoms with E-state index in [0.717, 1.165) is 18.2 Å². The van der Waals surface area contributed by atoms with E-state index in [1.165, 1.54) is 6.07 Å². The molecule has 1 fully saturated rings. The summed E-state index contributed by atoms with van der Waals surface area (Å²) in [6.45, 7) is 0. The smallest absolute Gasteiger partial charge is 0.337 e. The van der Waals surface area contributed by atoms with Gasteiger partial charge in [0.1, 0.15) is 13.4 Å². The molecule has 1 N–H and O–H groups in total. The Morgan fingerprint density at radius 2 is 2.25 bits per heavy atom. The maximum absolute atomic E-state index is 11.0. The number of carboxylic acid groups (broad SMARTS) is 1. The minimum Gasteiger partial charge on any atom is -0.478 e. The highest BCUT2D eigenvalue weighted by molar-refractivity contribution is 6.39. The van der Waals surface area contributed by atoms with Crippen LogP contribution in [0.5, 0.6) is 0 Å². The third kappa shape index (κ3) is 1.32.